The quantitative estimate of drug-likeness (QED) is 0.490. The van der Waals surface area contributed by atoms with Crippen LogP contribution in [-0.4, -0.2) is 30.3 Å². The molecule has 6 heteroatoms. The first-order valence-corrected chi connectivity index (χ1v) is 10.4. The van der Waals surface area contributed by atoms with Crippen molar-refractivity contribution >= 4 is 21.9 Å². The van der Waals surface area contributed by atoms with E-state index < -0.39 is 0 Å². The monoisotopic (exact) mass is 405 g/mol. The van der Waals surface area contributed by atoms with Crippen molar-refractivity contribution in [1.82, 2.24) is 25.2 Å². The number of fused-ring (bicyclic) bond motifs is 2. The standard InChI is InChI=1S/C24H31N5O/c1-13-9-10-16-21(26-28-25-16)19(13)24(7,8)12-29-17-11-14(2)15(3)20(23(4,5)6)18(17)22(30)27-29/h9-11H,12H2,1-8H3,(H,27,30)(H,25,26,28). The van der Waals surface area contributed by atoms with Crippen LogP contribution in [0.1, 0.15) is 62.4 Å². The third-order valence-corrected chi connectivity index (χ3v) is 6.22. The summed E-state index contributed by atoms with van der Waals surface area (Å²) in [7, 11) is 0. The maximum atomic E-state index is 10.9. The van der Waals surface area contributed by atoms with Crippen LogP contribution in [0.3, 0.4) is 0 Å². The van der Waals surface area contributed by atoms with Gasteiger partial charge in [0.1, 0.15) is 5.52 Å². The van der Waals surface area contributed by atoms with Gasteiger partial charge in [-0.3, -0.25) is 9.78 Å². The van der Waals surface area contributed by atoms with Gasteiger partial charge in [-0.2, -0.15) is 0 Å². The Hall–Kier alpha value is -2.89. The van der Waals surface area contributed by atoms with Crippen LogP contribution in [-0.2, 0) is 17.4 Å². The lowest BCUT2D eigenvalue weighted by molar-refractivity contribution is 0.393. The second kappa shape index (κ2) is 6.56. The summed E-state index contributed by atoms with van der Waals surface area (Å²) in [5.41, 5.74) is 8.33. The van der Waals surface area contributed by atoms with E-state index in [4.69, 9.17) is 0 Å². The molecule has 0 saturated heterocycles. The summed E-state index contributed by atoms with van der Waals surface area (Å²) in [6.45, 7) is 17.9. The van der Waals surface area contributed by atoms with Crippen LogP contribution in [0.4, 0.5) is 0 Å². The maximum Gasteiger partial charge on any atom is 0.238 e. The predicted molar refractivity (Wildman–Crippen MR) is 121 cm³/mol. The van der Waals surface area contributed by atoms with Gasteiger partial charge >= 0.3 is 0 Å². The molecular weight excluding hydrogens is 374 g/mol. The fourth-order valence-corrected chi connectivity index (χ4v) is 4.93. The SMILES string of the molecule is Cc1cc2c(c(O)nn2CC(C)(C)c2c(C)ccc3[nH]nnc23)c(C(C)(C)C)c1C. The van der Waals surface area contributed by atoms with Crippen molar-refractivity contribution < 1.29 is 5.11 Å². The number of nitrogens with one attached hydrogen (secondary N) is 1. The number of hydrogen-bond donors (Lipinski definition) is 2. The molecule has 0 aliphatic rings. The van der Waals surface area contributed by atoms with E-state index in [2.05, 4.69) is 88.0 Å². The first kappa shape index (κ1) is 20.4. The number of rotatable bonds is 3. The van der Waals surface area contributed by atoms with E-state index >= 15 is 0 Å². The Bertz CT molecular complexity index is 1270. The highest BCUT2D eigenvalue weighted by molar-refractivity contribution is 5.91. The molecule has 0 radical (unpaired) electrons. The van der Waals surface area contributed by atoms with Gasteiger partial charge in [-0.25, -0.2) is 0 Å². The van der Waals surface area contributed by atoms with Gasteiger partial charge in [-0.1, -0.05) is 45.9 Å². The van der Waals surface area contributed by atoms with Crippen molar-refractivity contribution in [1.29, 1.82) is 0 Å². The number of nitrogens with zero attached hydrogens (tertiary/aromatic N) is 4. The Morgan fingerprint density at radius 3 is 2.37 bits per heavy atom. The first-order chi connectivity index (χ1) is 13.9. The molecule has 4 rings (SSSR count). The molecule has 0 bridgehead atoms. The van der Waals surface area contributed by atoms with Crippen LogP contribution in [0.2, 0.25) is 0 Å². The van der Waals surface area contributed by atoms with Crippen LogP contribution >= 0.6 is 0 Å². The minimum atomic E-state index is -0.271. The van der Waals surface area contributed by atoms with Gasteiger partial charge in [0.15, 0.2) is 0 Å². The van der Waals surface area contributed by atoms with Crippen molar-refractivity contribution in [3.05, 3.63) is 46.0 Å². The number of benzene rings is 2. The zero-order chi connectivity index (χ0) is 22.0. The van der Waals surface area contributed by atoms with Crippen LogP contribution in [0.5, 0.6) is 5.88 Å². The van der Waals surface area contributed by atoms with Gasteiger partial charge in [-0.15, -0.1) is 10.2 Å². The number of hydrogen-bond acceptors (Lipinski definition) is 4. The smallest absolute Gasteiger partial charge is 0.238 e. The highest BCUT2D eigenvalue weighted by Crippen LogP contribution is 2.40. The third kappa shape index (κ3) is 3.06. The highest BCUT2D eigenvalue weighted by atomic mass is 16.3. The molecule has 0 spiro atoms. The molecule has 0 aliphatic carbocycles. The summed E-state index contributed by atoms with van der Waals surface area (Å²) in [5.74, 6) is 0.102. The minimum absolute atomic E-state index is 0.0991. The lowest BCUT2D eigenvalue weighted by atomic mass is 9.80. The van der Waals surface area contributed by atoms with Crippen LogP contribution < -0.4 is 0 Å². The molecule has 2 heterocycles. The summed E-state index contributed by atoms with van der Waals surface area (Å²) >= 11 is 0. The summed E-state index contributed by atoms with van der Waals surface area (Å²) in [6.07, 6.45) is 0. The van der Waals surface area contributed by atoms with Crippen molar-refractivity contribution in [3.63, 3.8) is 0 Å². The van der Waals surface area contributed by atoms with Gasteiger partial charge < -0.3 is 5.11 Å². The number of aryl methyl sites for hydroxylation is 2. The van der Waals surface area contributed by atoms with Gasteiger partial charge in [0.2, 0.25) is 5.88 Å². The van der Waals surface area contributed by atoms with E-state index in [-0.39, 0.29) is 16.7 Å². The van der Waals surface area contributed by atoms with Crippen molar-refractivity contribution in [3.8, 4) is 5.88 Å². The average molecular weight is 406 g/mol. The number of H-pyrrole nitrogens is 1. The zero-order valence-electron chi connectivity index (χ0n) is 19.2. The van der Waals surface area contributed by atoms with Crippen LogP contribution in [0.15, 0.2) is 18.2 Å². The fraction of sp³-hybridized carbons (Fsp3) is 0.458. The van der Waals surface area contributed by atoms with E-state index in [9.17, 15) is 5.11 Å². The second-order valence-corrected chi connectivity index (χ2v) is 10.2. The lowest BCUT2D eigenvalue weighted by Gasteiger charge is -2.28. The van der Waals surface area contributed by atoms with Gasteiger partial charge in [-0.05, 0) is 66.1 Å². The molecule has 2 N–H and O–H groups in total. The normalized spacial score (nSPS) is 12.9. The third-order valence-electron chi connectivity index (χ3n) is 6.22. The summed E-state index contributed by atoms with van der Waals surface area (Å²) in [5, 5.41) is 27.6. The van der Waals surface area contributed by atoms with Crippen molar-refractivity contribution in [2.75, 3.05) is 0 Å². The van der Waals surface area contributed by atoms with E-state index in [1.807, 2.05) is 10.7 Å². The summed E-state index contributed by atoms with van der Waals surface area (Å²) < 4.78 is 1.95. The van der Waals surface area contributed by atoms with E-state index in [1.54, 1.807) is 0 Å². The molecule has 0 fully saturated rings. The Balaban J connectivity index is 1.92. The molecule has 0 atom stereocenters. The van der Waals surface area contributed by atoms with Gasteiger partial charge in [0, 0.05) is 5.41 Å². The minimum Gasteiger partial charge on any atom is -0.492 e. The largest absolute Gasteiger partial charge is 0.492 e. The molecule has 0 amide bonds. The number of aromatic hydroxyl groups is 1. The lowest BCUT2D eigenvalue weighted by Crippen LogP contribution is -2.26. The highest BCUT2D eigenvalue weighted by Gasteiger charge is 2.31. The molecule has 0 saturated carbocycles. The maximum absolute atomic E-state index is 10.9. The van der Waals surface area contributed by atoms with E-state index in [0.29, 0.717) is 6.54 Å². The predicted octanol–water partition coefficient (Wildman–Crippen LogP) is 5.21. The molecule has 158 valence electrons. The molecule has 2 aromatic carbocycles. The van der Waals surface area contributed by atoms with Gasteiger partial charge in [0.25, 0.3) is 0 Å². The Morgan fingerprint density at radius 1 is 1.00 bits per heavy atom. The van der Waals surface area contributed by atoms with Gasteiger partial charge in [0.05, 0.1) is 23.0 Å². The average Bonchev–Trinajstić information content (AvgIpc) is 3.19. The number of aromatic nitrogens is 5. The second-order valence-electron chi connectivity index (χ2n) is 10.2. The first-order valence-electron chi connectivity index (χ1n) is 10.4. The molecule has 2 aromatic heterocycles. The van der Waals surface area contributed by atoms with Crippen LogP contribution in [0, 0.1) is 20.8 Å². The van der Waals surface area contributed by atoms with Crippen molar-refractivity contribution in [2.45, 2.75) is 72.8 Å². The molecule has 0 aliphatic heterocycles. The Kier molecular flexibility index (Phi) is 4.46. The molecule has 4 aromatic rings. The molecule has 30 heavy (non-hydrogen) atoms. The molecule has 0 unspecified atom stereocenters. The Labute approximate surface area is 177 Å². The Morgan fingerprint density at radius 2 is 1.70 bits per heavy atom. The van der Waals surface area contributed by atoms with E-state index in [0.717, 1.165) is 33.1 Å². The number of aromatic amines is 1. The topological polar surface area (TPSA) is 79.6 Å². The molecular formula is C24H31N5O. The van der Waals surface area contributed by atoms with Crippen LogP contribution in [0.25, 0.3) is 21.9 Å². The zero-order valence-corrected chi connectivity index (χ0v) is 19.2. The summed E-state index contributed by atoms with van der Waals surface area (Å²) in [6, 6.07) is 6.26. The van der Waals surface area contributed by atoms with Crippen molar-refractivity contribution in [2.24, 2.45) is 0 Å². The summed E-state index contributed by atoms with van der Waals surface area (Å²) in [4.78, 5) is 0. The fourth-order valence-electron chi connectivity index (χ4n) is 4.93. The van der Waals surface area contributed by atoms with E-state index in [1.165, 1.54) is 16.7 Å². The molecule has 6 nitrogen and oxygen atoms in total.